The van der Waals surface area contributed by atoms with Crippen molar-refractivity contribution in [3.63, 3.8) is 0 Å². The molecular weight excluding hydrogens is 496 g/mol. The van der Waals surface area contributed by atoms with Gasteiger partial charge in [-0.05, 0) is 70.0 Å². The van der Waals surface area contributed by atoms with Crippen molar-refractivity contribution in [1.82, 2.24) is 19.6 Å². The number of carbonyl (C=O) groups is 2. The zero-order chi connectivity index (χ0) is 27.6. The molecule has 0 spiro atoms. The second-order valence-electron chi connectivity index (χ2n) is 10.9. The Labute approximate surface area is 228 Å². The molecule has 0 radical (unpaired) electrons. The Bertz CT molecular complexity index is 1320. The van der Waals surface area contributed by atoms with E-state index in [0.717, 1.165) is 30.8 Å². The van der Waals surface area contributed by atoms with E-state index in [1.165, 1.54) is 0 Å². The van der Waals surface area contributed by atoms with E-state index in [9.17, 15) is 9.59 Å². The van der Waals surface area contributed by atoms with E-state index < -0.39 is 11.5 Å². The van der Waals surface area contributed by atoms with Crippen LogP contribution in [0.4, 0.5) is 10.5 Å². The van der Waals surface area contributed by atoms with Crippen molar-refractivity contribution < 1.29 is 19.1 Å². The van der Waals surface area contributed by atoms with Gasteiger partial charge in [-0.3, -0.25) is 9.69 Å². The van der Waals surface area contributed by atoms with Gasteiger partial charge in [0.1, 0.15) is 22.8 Å². The number of nitrogens with one attached hydrogen (secondary N) is 1. The summed E-state index contributed by atoms with van der Waals surface area (Å²) in [6.45, 7) is 9.04. The van der Waals surface area contributed by atoms with Crippen molar-refractivity contribution in [2.24, 2.45) is 5.73 Å². The molecule has 2 aliphatic heterocycles. The number of para-hydroxylation sites is 1. The molecule has 3 N–H and O–H groups in total. The molecule has 0 bridgehead atoms. The molecule has 2 amide bonds. The molecule has 0 aliphatic carbocycles. The standard InChI is InChI=1S/C29H36N6O4/c1-29(2,3)39-28(37)34-17-7-16-33(18-19-34)23-14-15-31-25-24(23)32-35(26(25)27(30)36)20-10-12-22(13-11-20)38-21-8-5-4-6-9-21/h4-6,8-13,23,31H,7,14-19H2,1-3H3,(H2,30,36). The Morgan fingerprint density at radius 2 is 1.69 bits per heavy atom. The number of fused-ring (bicyclic) bond motifs is 1. The smallest absolute Gasteiger partial charge is 0.410 e. The summed E-state index contributed by atoms with van der Waals surface area (Å²) >= 11 is 0. The van der Waals surface area contributed by atoms with E-state index in [1.54, 1.807) is 9.58 Å². The minimum Gasteiger partial charge on any atom is -0.457 e. The van der Waals surface area contributed by atoms with Crippen molar-refractivity contribution in [2.45, 2.75) is 45.3 Å². The van der Waals surface area contributed by atoms with Gasteiger partial charge < -0.3 is 25.4 Å². The summed E-state index contributed by atoms with van der Waals surface area (Å²) < 4.78 is 13.1. The third-order valence-corrected chi connectivity index (χ3v) is 6.86. The molecule has 1 aromatic heterocycles. The number of anilines is 1. The SMILES string of the molecule is CC(C)(C)OC(=O)N1CCCN(C2CCNc3c2nn(-c2ccc(Oc4ccccc4)cc2)c3C(N)=O)CC1. The van der Waals surface area contributed by atoms with Gasteiger partial charge in [-0.15, -0.1) is 0 Å². The highest BCUT2D eigenvalue weighted by atomic mass is 16.6. The summed E-state index contributed by atoms with van der Waals surface area (Å²) in [4.78, 5) is 29.4. The number of hydrogen-bond donors (Lipinski definition) is 2. The number of hydrogen-bond acceptors (Lipinski definition) is 7. The lowest BCUT2D eigenvalue weighted by Crippen LogP contribution is -2.40. The summed E-state index contributed by atoms with van der Waals surface area (Å²) in [5.41, 5.74) is 7.85. The third-order valence-electron chi connectivity index (χ3n) is 6.86. The number of carbonyl (C=O) groups excluding carboxylic acids is 2. The van der Waals surface area contributed by atoms with Crippen molar-refractivity contribution in [2.75, 3.05) is 38.0 Å². The minimum absolute atomic E-state index is 0.000117. The quantitative estimate of drug-likeness (QED) is 0.495. The minimum atomic E-state index is -0.548. The van der Waals surface area contributed by atoms with Crippen molar-refractivity contribution in [3.05, 3.63) is 66.0 Å². The van der Waals surface area contributed by atoms with E-state index in [1.807, 2.05) is 75.4 Å². The Hall–Kier alpha value is -4.05. The molecule has 1 atom stereocenters. The molecule has 1 saturated heterocycles. The van der Waals surface area contributed by atoms with Crippen LogP contribution in [0, 0.1) is 0 Å². The van der Waals surface area contributed by atoms with Gasteiger partial charge in [0.05, 0.1) is 17.4 Å². The fourth-order valence-corrected chi connectivity index (χ4v) is 5.12. The maximum absolute atomic E-state index is 12.7. The second kappa shape index (κ2) is 11.0. The van der Waals surface area contributed by atoms with Crippen LogP contribution in [0.5, 0.6) is 11.5 Å². The van der Waals surface area contributed by atoms with Crippen LogP contribution in [0.1, 0.15) is 55.8 Å². The number of primary amides is 1. The summed E-state index contributed by atoms with van der Waals surface area (Å²) in [7, 11) is 0. The second-order valence-corrected chi connectivity index (χ2v) is 10.9. The van der Waals surface area contributed by atoms with Crippen LogP contribution in [0.15, 0.2) is 54.6 Å². The largest absolute Gasteiger partial charge is 0.457 e. The maximum atomic E-state index is 12.7. The summed E-state index contributed by atoms with van der Waals surface area (Å²) in [5, 5.41) is 8.28. The van der Waals surface area contributed by atoms with Crippen LogP contribution in [0.2, 0.25) is 0 Å². The topological polar surface area (TPSA) is 115 Å². The number of amides is 2. The Morgan fingerprint density at radius 1 is 0.974 bits per heavy atom. The predicted molar refractivity (Wildman–Crippen MR) is 148 cm³/mol. The zero-order valence-corrected chi connectivity index (χ0v) is 22.7. The van der Waals surface area contributed by atoms with Gasteiger partial charge in [0.15, 0.2) is 5.69 Å². The van der Waals surface area contributed by atoms with Crippen LogP contribution < -0.4 is 15.8 Å². The highest BCUT2D eigenvalue weighted by Gasteiger charge is 2.35. The monoisotopic (exact) mass is 532 g/mol. The first-order valence-electron chi connectivity index (χ1n) is 13.4. The van der Waals surface area contributed by atoms with Crippen molar-refractivity contribution >= 4 is 17.7 Å². The molecule has 5 rings (SSSR count). The number of aromatic nitrogens is 2. The molecule has 10 heteroatoms. The van der Waals surface area contributed by atoms with Crippen molar-refractivity contribution in [3.8, 4) is 17.2 Å². The summed E-state index contributed by atoms with van der Waals surface area (Å²) in [6.07, 6.45) is 1.37. The van der Waals surface area contributed by atoms with Crippen molar-refractivity contribution in [1.29, 1.82) is 0 Å². The molecular formula is C29H36N6O4. The van der Waals surface area contributed by atoms with Gasteiger partial charge in [0, 0.05) is 32.7 Å². The average Bonchev–Trinajstić information content (AvgIpc) is 3.12. The number of nitrogens with zero attached hydrogens (tertiary/aromatic N) is 4. The van der Waals surface area contributed by atoms with Crippen LogP contribution in [-0.2, 0) is 4.74 Å². The maximum Gasteiger partial charge on any atom is 0.410 e. The highest BCUT2D eigenvalue weighted by Crippen LogP contribution is 2.37. The third kappa shape index (κ3) is 6.01. The predicted octanol–water partition coefficient (Wildman–Crippen LogP) is 4.56. The number of nitrogens with two attached hydrogens (primary N) is 1. The molecule has 1 fully saturated rings. The van der Waals surface area contributed by atoms with Gasteiger partial charge in [0.25, 0.3) is 5.91 Å². The lowest BCUT2D eigenvalue weighted by Gasteiger charge is -2.33. The molecule has 3 heterocycles. The molecule has 1 unspecified atom stereocenters. The lowest BCUT2D eigenvalue weighted by atomic mass is 10.0. The summed E-state index contributed by atoms with van der Waals surface area (Å²) in [6, 6.07) is 17.0. The van der Waals surface area contributed by atoms with E-state index in [4.69, 9.17) is 20.3 Å². The van der Waals surface area contributed by atoms with E-state index in [2.05, 4.69) is 10.2 Å². The zero-order valence-electron chi connectivity index (χ0n) is 22.7. The van der Waals surface area contributed by atoms with E-state index in [-0.39, 0.29) is 12.1 Å². The van der Waals surface area contributed by atoms with Gasteiger partial charge in [0.2, 0.25) is 0 Å². The van der Waals surface area contributed by atoms with Crippen LogP contribution in [0.25, 0.3) is 5.69 Å². The normalized spacial score (nSPS) is 18.0. The Morgan fingerprint density at radius 3 is 2.38 bits per heavy atom. The fraction of sp³-hybridized carbons (Fsp3) is 0.414. The number of benzene rings is 2. The molecule has 39 heavy (non-hydrogen) atoms. The first-order chi connectivity index (χ1) is 18.7. The lowest BCUT2D eigenvalue weighted by molar-refractivity contribution is 0.0254. The number of rotatable bonds is 5. The van der Waals surface area contributed by atoms with Gasteiger partial charge in [-0.2, -0.15) is 5.10 Å². The Balaban J connectivity index is 1.37. The van der Waals surface area contributed by atoms with Crippen LogP contribution in [-0.4, -0.2) is 69.9 Å². The van der Waals surface area contributed by atoms with Gasteiger partial charge in [-0.1, -0.05) is 18.2 Å². The number of ether oxygens (including phenoxy) is 2. The van der Waals surface area contributed by atoms with Gasteiger partial charge in [-0.25, -0.2) is 9.48 Å². The highest BCUT2D eigenvalue weighted by molar-refractivity contribution is 5.98. The van der Waals surface area contributed by atoms with Gasteiger partial charge >= 0.3 is 6.09 Å². The van der Waals surface area contributed by atoms with Crippen LogP contribution >= 0.6 is 0 Å². The molecule has 206 valence electrons. The summed E-state index contributed by atoms with van der Waals surface area (Å²) in [5.74, 6) is 0.874. The molecule has 0 saturated carbocycles. The first-order valence-corrected chi connectivity index (χ1v) is 13.4. The molecule has 3 aromatic rings. The van der Waals surface area contributed by atoms with Crippen LogP contribution in [0.3, 0.4) is 0 Å². The fourth-order valence-electron chi connectivity index (χ4n) is 5.12. The first kappa shape index (κ1) is 26.6. The van der Waals surface area contributed by atoms with E-state index >= 15 is 0 Å². The molecule has 2 aliphatic rings. The Kier molecular flexibility index (Phi) is 7.47. The van der Waals surface area contributed by atoms with E-state index in [0.29, 0.717) is 49.0 Å². The molecule has 2 aromatic carbocycles. The average molecular weight is 533 g/mol. The molecule has 10 nitrogen and oxygen atoms in total.